The number of carboxylic acid groups (broad SMARTS) is 1. The van der Waals surface area contributed by atoms with Crippen molar-refractivity contribution in [1.82, 2.24) is 0 Å². The van der Waals surface area contributed by atoms with E-state index in [2.05, 4.69) is 0 Å². The number of anilines is 1. The Balaban J connectivity index is 3.58. The van der Waals surface area contributed by atoms with Gasteiger partial charge in [0.1, 0.15) is 11.3 Å². The first-order valence-corrected chi connectivity index (χ1v) is 4.14. The molecule has 0 fully saturated rings. The number of benzene rings is 1. The van der Waals surface area contributed by atoms with Gasteiger partial charge in [0.25, 0.3) is 0 Å². The highest BCUT2D eigenvalue weighted by molar-refractivity contribution is 5.92. The molecule has 0 aliphatic carbocycles. The van der Waals surface area contributed by atoms with Crippen molar-refractivity contribution in [2.75, 3.05) is 5.32 Å². The van der Waals surface area contributed by atoms with Crippen LogP contribution >= 0.6 is 0 Å². The molecule has 2 N–H and O–H groups in total. The molecular formula is C9H5F4NO3. The summed E-state index contributed by atoms with van der Waals surface area (Å²) in [5.74, 6) is -11.2. The first-order chi connectivity index (χ1) is 7.77. The van der Waals surface area contributed by atoms with Gasteiger partial charge < -0.3 is 10.4 Å². The monoisotopic (exact) mass is 251 g/mol. The number of rotatable bonds is 2. The Bertz CT molecular complexity index is 486. The van der Waals surface area contributed by atoms with E-state index in [0.29, 0.717) is 0 Å². The number of amides is 1. The Morgan fingerprint density at radius 3 is 1.71 bits per heavy atom. The third kappa shape index (κ3) is 2.19. The summed E-state index contributed by atoms with van der Waals surface area (Å²) in [5, 5.41) is 9.89. The normalized spacial score (nSPS) is 10.2. The number of hydrogen-bond acceptors (Lipinski definition) is 2. The van der Waals surface area contributed by atoms with Crippen LogP contribution < -0.4 is 5.32 Å². The third-order valence-electron chi connectivity index (χ3n) is 1.78. The van der Waals surface area contributed by atoms with Crippen LogP contribution in [0.2, 0.25) is 0 Å². The van der Waals surface area contributed by atoms with Crippen LogP contribution in [-0.4, -0.2) is 17.0 Å². The highest BCUT2D eigenvalue weighted by Crippen LogP contribution is 2.28. The molecule has 0 radical (unpaired) electrons. The molecule has 1 amide bonds. The van der Waals surface area contributed by atoms with E-state index < -0.39 is 46.4 Å². The lowest BCUT2D eigenvalue weighted by Gasteiger charge is -2.09. The minimum Gasteiger partial charge on any atom is -0.477 e. The van der Waals surface area contributed by atoms with Crippen molar-refractivity contribution in [1.29, 1.82) is 0 Å². The third-order valence-corrected chi connectivity index (χ3v) is 1.78. The maximum Gasteiger partial charge on any atom is 0.341 e. The van der Waals surface area contributed by atoms with Gasteiger partial charge in [-0.2, -0.15) is 0 Å². The molecule has 4 nitrogen and oxygen atoms in total. The fourth-order valence-corrected chi connectivity index (χ4v) is 1.11. The molecule has 0 spiro atoms. The molecule has 0 saturated heterocycles. The highest BCUT2D eigenvalue weighted by atomic mass is 19.2. The Kier molecular flexibility index (Phi) is 3.35. The molecule has 1 rings (SSSR count). The standard InChI is InChI=1S/C9H5F4NO3/c1-2(15)14-8-6(12)4(10)3(9(16)17)5(11)7(8)13/h1H3,(H,14,15)(H,16,17). The van der Waals surface area contributed by atoms with E-state index in [1.807, 2.05) is 0 Å². The molecule has 0 bridgehead atoms. The number of nitrogens with one attached hydrogen (secondary N) is 1. The second kappa shape index (κ2) is 4.40. The van der Waals surface area contributed by atoms with Crippen LogP contribution in [0.4, 0.5) is 23.2 Å². The first-order valence-electron chi connectivity index (χ1n) is 4.14. The van der Waals surface area contributed by atoms with Crippen LogP contribution in [0.15, 0.2) is 0 Å². The molecule has 0 aromatic heterocycles. The van der Waals surface area contributed by atoms with Crippen LogP contribution in [0.5, 0.6) is 0 Å². The maximum absolute atomic E-state index is 13.2. The fraction of sp³-hybridized carbons (Fsp3) is 0.111. The summed E-state index contributed by atoms with van der Waals surface area (Å²) in [6, 6.07) is 0. The lowest BCUT2D eigenvalue weighted by molar-refractivity contribution is -0.114. The molecule has 92 valence electrons. The number of aromatic carboxylic acids is 1. The van der Waals surface area contributed by atoms with Crippen molar-refractivity contribution in [3.05, 3.63) is 28.8 Å². The summed E-state index contributed by atoms with van der Waals surface area (Å²) in [7, 11) is 0. The maximum atomic E-state index is 13.2. The van der Waals surface area contributed by atoms with E-state index in [-0.39, 0.29) is 0 Å². The molecule has 0 heterocycles. The van der Waals surface area contributed by atoms with Gasteiger partial charge >= 0.3 is 5.97 Å². The topological polar surface area (TPSA) is 66.4 Å². The molecule has 0 saturated carbocycles. The Morgan fingerprint density at radius 1 is 1.00 bits per heavy atom. The molecule has 1 aromatic rings. The fourth-order valence-electron chi connectivity index (χ4n) is 1.11. The second-order valence-electron chi connectivity index (χ2n) is 2.99. The van der Waals surface area contributed by atoms with E-state index in [4.69, 9.17) is 5.11 Å². The zero-order valence-electron chi connectivity index (χ0n) is 8.28. The Labute approximate surface area is 91.9 Å². The number of carbonyl (C=O) groups is 2. The van der Waals surface area contributed by atoms with Gasteiger partial charge in [-0.05, 0) is 0 Å². The van der Waals surface area contributed by atoms with Gasteiger partial charge in [0, 0.05) is 6.92 Å². The minimum absolute atomic E-state index is 0.861. The molecule has 0 atom stereocenters. The summed E-state index contributed by atoms with van der Waals surface area (Å²) in [4.78, 5) is 20.9. The first kappa shape index (κ1) is 12.9. The van der Waals surface area contributed by atoms with Crippen LogP contribution in [0.3, 0.4) is 0 Å². The summed E-state index contributed by atoms with van der Waals surface area (Å²) < 4.78 is 52.5. The smallest absolute Gasteiger partial charge is 0.341 e. The van der Waals surface area contributed by atoms with Crippen molar-refractivity contribution in [2.24, 2.45) is 0 Å². The molecule has 17 heavy (non-hydrogen) atoms. The van der Waals surface area contributed by atoms with Crippen molar-refractivity contribution < 1.29 is 32.3 Å². The quantitative estimate of drug-likeness (QED) is 0.623. The van der Waals surface area contributed by atoms with Crippen molar-refractivity contribution in [3.63, 3.8) is 0 Å². The van der Waals surface area contributed by atoms with E-state index >= 15 is 0 Å². The Hall–Kier alpha value is -2.12. The lowest BCUT2D eigenvalue weighted by atomic mass is 10.1. The van der Waals surface area contributed by atoms with E-state index in [0.717, 1.165) is 6.92 Å². The van der Waals surface area contributed by atoms with E-state index in [1.165, 1.54) is 5.32 Å². The van der Waals surface area contributed by atoms with Crippen LogP contribution in [0.25, 0.3) is 0 Å². The van der Waals surface area contributed by atoms with Gasteiger partial charge in [-0.25, -0.2) is 22.4 Å². The van der Waals surface area contributed by atoms with Gasteiger partial charge in [-0.3, -0.25) is 4.79 Å². The number of halogens is 4. The summed E-state index contributed by atoms with van der Waals surface area (Å²) in [6.45, 7) is 0.861. The second-order valence-corrected chi connectivity index (χ2v) is 2.99. The lowest BCUT2D eigenvalue weighted by Crippen LogP contribution is -2.16. The average Bonchev–Trinajstić information content (AvgIpc) is 2.21. The zero-order valence-corrected chi connectivity index (χ0v) is 8.28. The SMILES string of the molecule is CC(=O)Nc1c(F)c(F)c(C(=O)O)c(F)c1F. The van der Waals surface area contributed by atoms with Crippen LogP contribution in [0, 0.1) is 23.3 Å². The van der Waals surface area contributed by atoms with Gasteiger partial charge in [0.05, 0.1) is 0 Å². The zero-order chi connectivity index (χ0) is 13.3. The van der Waals surface area contributed by atoms with Crippen LogP contribution in [0.1, 0.15) is 17.3 Å². The molecule has 0 aliphatic heterocycles. The van der Waals surface area contributed by atoms with Crippen molar-refractivity contribution in [2.45, 2.75) is 6.92 Å². The molecule has 0 aliphatic rings. The van der Waals surface area contributed by atoms with E-state index in [1.54, 1.807) is 0 Å². The molecule has 8 heteroatoms. The van der Waals surface area contributed by atoms with Gasteiger partial charge in [0.2, 0.25) is 5.91 Å². The molecule has 1 aromatic carbocycles. The predicted octanol–water partition coefficient (Wildman–Crippen LogP) is 1.90. The summed E-state index contributed by atoms with van der Waals surface area (Å²) in [6.07, 6.45) is 0. The highest BCUT2D eigenvalue weighted by Gasteiger charge is 2.29. The average molecular weight is 251 g/mol. The largest absolute Gasteiger partial charge is 0.477 e. The predicted molar refractivity (Wildman–Crippen MR) is 47.5 cm³/mol. The summed E-state index contributed by atoms with van der Waals surface area (Å²) >= 11 is 0. The minimum atomic E-state index is -2.16. The molecular weight excluding hydrogens is 246 g/mol. The van der Waals surface area contributed by atoms with Crippen LogP contribution in [-0.2, 0) is 4.79 Å². The number of hydrogen-bond donors (Lipinski definition) is 2. The Morgan fingerprint density at radius 2 is 1.41 bits per heavy atom. The van der Waals surface area contributed by atoms with Crippen molar-refractivity contribution >= 4 is 17.6 Å². The van der Waals surface area contributed by atoms with Gasteiger partial charge in [-0.15, -0.1) is 0 Å². The van der Waals surface area contributed by atoms with Gasteiger partial charge in [-0.1, -0.05) is 0 Å². The van der Waals surface area contributed by atoms with Gasteiger partial charge in [0.15, 0.2) is 23.3 Å². The number of carbonyl (C=O) groups excluding carboxylic acids is 1. The van der Waals surface area contributed by atoms with Crippen molar-refractivity contribution in [3.8, 4) is 0 Å². The summed E-state index contributed by atoms with van der Waals surface area (Å²) in [5.41, 5.74) is -3.12. The molecule has 0 unspecified atom stereocenters. The number of carboxylic acids is 1. The van der Waals surface area contributed by atoms with E-state index in [9.17, 15) is 27.2 Å².